The molecule has 0 spiro atoms. The molecular weight excluding hydrogens is 219 g/mol. The van der Waals surface area contributed by atoms with Gasteiger partial charge in [0.25, 0.3) is 0 Å². The SMILES string of the molecule is CNC(C)(C)Cc1cc(Cl)nc(Cl)c1. The first kappa shape index (κ1) is 11.8. The van der Waals surface area contributed by atoms with Crippen LogP contribution in [0, 0.1) is 0 Å². The van der Waals surface area contributed by atoms with Crippen LogP contribution < -0.4 is 5.32 Å². The third-order valence-electron chi connectivity index (χ3n) is 2.15. The molecule has 78 valence electrons. The van der Waals surface area contributed by atoms with Gasteiger partial charge in [-0.15, -0.1) is 0 Å². The number of hydrogen-bond acceptors (Lipinski definition) is 2. The molecule has 1 heterocycles. The normalized spacial score (nSPS) is 11.8. The molecule has 0 unspecified atom stereocenters. The number of rotatable bonds is 3. The maximum Gasteiger partial charge on any atom is 0.131 e. The van der Waals surface area contributed by atoms with Crippen molar-refractivity contribution in [3.63, 3.8) is 0 Å². The second-order valence-corrected chi connectivity index (χ2v) is 4.71. The number of nitrogens with one attached hydrogen (secondary N) is 1. The number of halogens is 2. The van der Waals surface area contributed by atoms with Crippen LogP contribution in [0.2, 0.25) is 10.3 Å². The van der Waals surface area contributed by atoms with Crippen LogP contribution in [-0.4, -0.2) is 17.6 Å². The second kappa shape index (κ2) is 4.47. The van der Waals surface area contributed by atoms with Gasteiger partial charge in [0.1, 0.15) is 10.3 Å². The molecule has 0 amide bonds. The third-order valence-corrected chi connectivity index (χ3v) is 2.53. The molecule has 0 aliphatic rings. The largest absolute Gasteiger partial charge is 0.314 e. The maximum absolute atomic E-state index is 5.81. The molecule has 1 N–H and O–H groups in total. The van der Waals surface area contributed by atoms with Crippen molar-refractivity contribution in [2.45, 2.75) is 25.8 Å². The van der Waals surface area contributed by atoms with Crippen molar-refractivity contribution in [1.82, 2.24) is 10.3 Å². The molecule has 0 aliphatic heterocycles. The minimum absolute atomic E-state index is 0.0357. The molecule has 0 aliphatic carbocycles. The van der Waals surface area contributed by atoms with Gasteiger partial charge in [-0.25, -0.2) is 4.98 Å². The van der Waals surface area contributed by atoms with E-state index in [9.17, 15) is 0 Å². The van der Waals surface area contributed by atoms with Crippen molar-refractivity contribution in [2.24, 2.45) is 0 Å². The first-order valence-corrected chi connectivity index (χ1v) is 5.19. The molecule has 14 heavy (non-hydrogen) atoms. The standard InChI is InChI=1S/C10H14Cl2N2/c1-10(2,13-3)6-7-4-8(11)14-9(12)5-7/h4-5,13H,6H2,1-3H3. The van der Waals surface area contributed by atoms with Gasteiger partial charge in [-0.2, -0.15) is 0 Å². The summed E-state index contributed by atoms with van der Waals surface area (Å²) in [5.74, 6) is 0. The lowest BCUT2D eigenvalue weighted by Crippen LogP contribution is -2.38. The minimum atomic E-state index is 0.0357. The molecule has 2 nitrogen and oxygen atoms in total. The van der Waals surface area contributed by atoms with Gasteiger partial charge in [-0.05, 0) is 45.0 Å². The number of pyridine rings is 1. The number of nitrogens with zero attached hydrogens (tertiary/aromatic N) is 1. The first-order chi connectivity index (χ1) is 6.43. The Morgan fingerprint density at radius 2 is 1.79 bits per heavy atom. The molecule has 0 saturated carbocycles. The molecule has 0 saturated heterocycles. The van der Waals surface area contributed by atoms with Crippen LogP contribution >= 0.6 is 23.2 Å². The Bertz CT molecular complexity index is 304. The van der Waals surface area contributed by atoms with E-state index < -0.39 is 0 Å². The van der Waals surface area contributed by atoms with Gasteiger partial charge in [0.15, 0.2) is 0 Å². The number of hydrogen-bond donors (Lipinski definition) is 1. The van der Waals surface area contributed by atoms with Crippen LogP contribution in [0.25, 0.3) is 0 Å². The van der Waals surface area contributed by atoms with Crippen LogP contribution in [0.1, 0.15) is 19.4 Å². The fourth-order valence-electron chi connectivity index (χ4n) is 1.21. The summed E-state index contributed by atoms with van der Waals surface area (Å²) in [6, 6.07) is 3.68. The maximum atomic E-state index is 5.81. The van der Waals surface area contributed by atoms with Crippen LogP contribution in [0.15, 0.2) is 12.1 Å². The fourth-order valence-corrected chi connectivity index (χ4v) is 1.72. The van der Waals surface area contributed by atoms with Crippen LogP contribution in [0.3, 0.4) is 0 Å². The van der Waals surface area contributed by atoms with Crippen molar-refractivity contribution in [3.05, 3.63) is 28.0 Å². The van der Waals surface area contributed by atoms with Gasteiger partial charge in [-0.3, -0.25) is 0 Å². The molecule has 1 aromatic heterocycles. The molecule has 4 heteroatoms. The topological polar surface area (TPSA) is 24.9 Å². The van der Waals surface area contributed by atoms with Crippen molar-refractivity contribution < 1.29 is 0 Å². The Morgan fingerprint density at radius 3 is 2.21 bits per heavy atom. The molecule has 0 bridgehead atoms. The average molecular weight is 233 g/mol. The lowest BCUT2D eigenvalue weighted by atomic mass is 9.96. The van der Waals surface area contributed by atoms with Gasteiger partial charge in [0, 0.05) is 5.54 Å². The van der Waals surface area contributed by atoms with Gasteiger partial charge < -0.3 is 5.32 Å². The first-order valence-electron chi connectivity index (χ1n) is 4.44. The summed E-state index contributed by atoms with van der Waals surface area (Å²) in [6.45, 7) is 4.24. The predicted octanol–water partition coefficient (Wildman–Crippen LogP) is 2.93. The van der Waals surface area contributed by atoms with Crippen LogP contribution in [0.4, 0.5) is 0 Å². The van der Waals surface area contributed by atoms with Crippen molar-refractivity contribution >= 4 is 23.2 Å². The van der Waals surface area contributed by atoms with E-state index in [0.717, 1.165) is 12.0 Å². The zero-order chi connectivity index (χ0) is 10.8. The summed E-state index contributed by atoms with van der Waals surface area (Å²) in [5.41, 5.74) is 1.13. The fraction of sp³-hybridized carbons (Fsp3) is 0.500. The highest BCUT2D eigenvalue weighted by atomic mass is 35.5. The van der Waals surface area contributed by atoms with Crippen LogP contribution in [0.5, 0.6) is 0 Å². The minimum Gasteiger partial charge on any atom is -0.314 e. The van der Waals surface area contributed by atoms with E-state index in [1.54, 1.807) is 0 Å². The van der Waals surface area contributed by atoms with E-state index in [-0.39, 0.29) is 5.54 Å². The Balaban J connectivity index is 2.87. The van der Waals surface area contributed by atoms with E-state index in [2.05, 4.69) is 24.1 Å². The Morgan fingerprint density at radius 1 is 1.29 bits per heavy atom. The lowest BCUT2D eigenvalue weighted by Gasteiger charge is -2.24. The van der Waals surface area contributed by atoms with Crippen molar-refractivity contribution in [2.75, 3.05) is 7.05 Å². The Hall–Kier alpha value is -0.310. The highest BCUT2D eigenvalue weighted by molar-refractivity contribution is 6.32. The van der Waals surface area contributed by atoms with Crippen molar-refractivity contribution in [1.29, 1.82) is 0 Å². The van der Waals surface area contributed by atoms with Crippen molar-refractivity contribution in [3.8, 4) is 0 Å². The summed E-state index contributed by atoms with van der Waals surface area (Å²) < 4.78 is 0. The summed E-state index contributed by atoms with van der Waals surface area (Å²) in [7, 11) is 1.93. The predicted molar refractivity (Wildman–Crippen MR) is 61.1 cm³/mol. The second-order valence-electron chi connectivity index (χ2n) is 3.93. The number of aromatic nitrogens is 1. The summed E-state index contributed by atoms with van der Waals surface area (Å²) in [6.07, 6.45) is 0.867. The number of likely N-dealkylation sites (N-methyl/N-ethyl adjacent to an activating group) is 1. The van der Waals surface area contributed by atoms with E-state index in [4.69, 9.17) is 23.2 Å². The Kier molecular flexibility index (Phi) is 3.76. The highest BCUT2D eigenvalue weighted by Gasteiger charge is 2.15. The molecule has 0 radical (unpaired) electrons. The summed E-state index contributed by atoms with van der Waals surface area (Å²) in [5, 5.41) is 4.11. The van der Waals surface area contributed by atoms with E-state index >= 15 is 0 Å². The molecule has 0 fully saturated rings. The van der Waals surface area contributed by atoms with Gasteiger partial charge >= 0.3 is 0 Å². The van der Waals surface area contributed by atoms with Gasteiger partial charge in [0.2, 0.25) is 0 Å². The molecule has 1 aromatic rings. The Labute approximate surface area is 94.6 Å². The smallest absolute Gasteiger partial charge is 0.131 e. The van der Waals surface area contributed by atoms with Gasteiger partial charge in [-0.1, -0.05) is 23.2 Å². The molecule has 1 rings (SSSR count). The highest BCUT2D eigenvalue weighted by Crippen LogP contribution is 2.18. The van der Waals surface area contributed by atoms with E-state index in [0.29, 0.717) is 10.3 Å². The van der Waals surface area contributed by atoms with Crippen LogP contribution in [-0.2, 0) is 6.42 Å². The quantitative estimate of drug-likeness (QED) is 0.812. The zero-order valence-corrected chi connectivity index (χ0v) is 10.1. The summed E-state index contributed by atoms with van der Waals surface area (Å²) in [4.78, 5) is 3.90. The zero-order valence-electron chi connectivity index (χ0n) is 8.56. The molecule has 0 aromatic carbocycles. The summed E-state index contributed by atoms with van der Waals surface area (Å²) >= 11 is 11.6. The van der Waals surface area contributed by atoms with Gasteiger partial charge in [0.05, 0.1) is 0 Å². The third kappa shape index (κ3) is 3.45. The molecular formula is C10H14Cl2N2. The monoisotopic (exact) mass is 232 g/mol. The van der Waals surface area contributed by atoms with E-state index in [1.165, 1.54) is 0 Å². The average Bonchev–Trinajstić information content (AvgIpc) is 2.01. The lowest BCUT2D eigenvalue weighted by molar-refractivity contribution is 0.422. The molecule has 0 atom stereocenters. The van der Waals surface area contributed by atoms with E-state index in [1.807, 2.05) is 19.2 Å².